The van der Waals surface area contributed by atoms with E-state index in [2.05, 4.69) is 10.6 Å². The van der Waals surface area contributed by atoms with Crippen LogP contribution in [0, 0.1) is 10.1 Å². The summed E-state index contributed by atoms with van der Waals surface area (Å²) >= 11 is 0. The molecule has 2 amide bonds. The van der Waals surface area contributed by atoms with Crippen LogP contribution in [0.4, 0.5) is 10.5 Å². The highest BCUT2D eigenvalue weighted by atomic mass is 16.6. The van der Waals surface area contributed by atoms with Gasteiger partial charge in [0.05, 0.1) is 4.92 Å². The van der Waals surface area contributed by atoms with E-state index < -0.39 is 23.0 Å². The lowest BCUT2D eigenvalue weighted by atomic mass is 10.1. The number of amides is 2. The summed E-state index contributed by atoms with van der Waals surface area (Å²) in [6.07, 6.45) is 0.895. The second-order valence-electron chi connectivity index (χ2n) is 6.14. The summed E-state index contributed by atoms with van der Waals surface area (Å²) in [6, 6.07) is 13.6. The normalized spacial score (nSPS) is 11.3. The van der Waals surface area contributed by atoms with Crippen LogP contribution in [-0.4, -0.2) is 23.5 Å². The number of rotatable bonds is 9. The quantitative estimate of drug-likeness (QED) is 0.390. The van der Waals surface area contributed by atoms with Crippen LogP contribution in [0.3, 0.4) is 0 Å². The summed E-state index contributed by atoms with van der Waals surface area (Å²) < 4.78 is 5.17. The van der Waals surface area contributed by atoms with Gasteiger partial charge < -0.3 is 15.4 Å². The van der Waals surface area contributed by atoms with Gasteiger partial charge in [0.25, 0.3) is 5.69 Å². The second-order valence-corrected chi connectivity index (χ2v) is 6.14. The molecule has 0 spiro atoms. The number of hydrogen-bond acceptors (Lipinski definition) is 5. The molecule has 0 aliphatic heterocycles. The van der Waals surface area contributed by atoms with Crippen molar-refractivity contribution in [3.63, 3.8) is 0 Å². The van der Waals surface area contributed by atoms with Crippen LogP contribution < -0.4 is 10.6 Å². The Morgan fingerprint density at radius 2 is 1.89 bits per heavy atom. The third kappa shape index (κ3) is 6.39. The first kappa shape index (κ1) is 20.9. The largest absolute Gasteiger partial charge is 0.445 e. The fraction of sp³-hybridized carbons (Fsp3) is 0.300. The van der Waals surface area contributed by atoms with Gasteiger partial charge in [-0.3, -0.25) is 14.9 Å². The molecule has 2 aromatic rings. The zero-order valence-electron chi connectivity index (χ0n) is 15.6. The number of unbranched alkanes of at least 4 members (excludes halogenated alkanes) is 1. The number of nitrogens with zero attached hydrogens (tertiary/aromatic N) is 1. The number of nitro benzene ring substituents is 1. The van der Waals surface area contributed by atoms with Gasteiger partial charge in [0.2, 0.25) is 5.91 Å². The van der Waals surface area contributed by atoms with E-state index in [0.29, 0.717) is 12.1 Å². The van der Waals surface area contributed by atoms with Gasteiger partial charge in [0, 0.05) is 18.7 Å². The Kier molecular flexibility index (Phi) is 7.95. The summed E-state index contributed by atoms with van der Waals surface area (Å²) in [5, 5.41) is 16.3. The van der Waals surface area contributed by atoms with Gasteiger partial charge in [-0.15, -0.1) is 0 Å². The standard InChI is InChI=1S/C20H23N3O5/c1-2-3-12-21-19(24)18(16-10-7-11-17(13-16)23(26)27)22-20(25)28-14-15-8-5-4-6-9-15/h4-11,13,18H,2-3,12,14H2,1H3,(H,21,24)(H,22,25)/t18-/m1/s1. The van der Waals surface area contributed by atoms with E-state index in [1.807, 2.05) is 37.3 Å². The maximum Gasteiger partial charge on any atom is 0.408 e. The van der Waals surface area contributed by atoms with Crippen LogP contribution in [0.25, 0.3) is 0 Å². The summed E-state index contributed by atoms with van der Waals surface area (Å²) in [6.45, 7) is 2.48. The third-order valence-corrected chi connectivity index (χ3v) is 3.98. The Labute approximate surface area is 163 Å². The first-order chi connectivity index (χ1) is 13.5. The molecule has 2 N–H and O–H groups in total. The van der Waals surface area contributed by atoms with Crippen molar-refractivity contribution >= 4 is 17.7 Å². The van der Waals surface area contributed by atoms with Crippen molar-refractivity contribution in [3.8, 4) is 0 Å². The number of alkyl carbamates (subject to hydrolysis) is 1. The van der Waals surface area contributed by atoms with E-state index in [4.69, 9.17) is 4.74 Å². The third-order valence-electron chi connectivity index (χ3n) is 3.98. The maximum absolute atomic E-state index is 12.6. The minimum absolute atomic E-state index is 0.0474. The van der Waals surface area contributed by atoms with Gasteiger partial charge in [-0.25, -0.2) is 4.79 Å². The number of carbonyl (C=O) groups is 2. The molecule has 0 heterocycles. The molecule has 0 aromatic heterocycles. The van der Waals surface area contributed by atoms with Gasteiger partial charge in [-0.1, -0.05) is 55.8 Å². The number of nitrogens with one attached hydrogen (secondary N) is 2. The number of hydrogen-bond donors (Lipinski definition) is 2. The molecule has 2 aromatic carbocycles. The molecule has 0 saturated heterocycles. The average Bonchev–Trinajstić information content (AvgIpc) is 2.71. The summed E-state index contributed by atoms with van der Waals surface area (Å²) in [5.41, 5.74) is 0.945. The molecule has 28 heavy (non-hydrogen) atoms. The maximum atomic E-state index is 12.6. The number of nitro groups is 1. The monoisotopic (exact) mass is 385 g/mol. The lowest BCUT2D eigenvalue weighted by Crippen LogP contribution is -2.41. The molecular formula is C20H23N3O5. The molecule has 0 aliphatic rings. The van der Waals surface area contributed by atoms with E-state index >= 15 is 0 Å². The van der Waals surface area contributed by atoms with Gasteiger partial charge >= 0.3 is 6.09 Å². The predicted octanol–water partition coefficient (Wildman–Crippen LogP) is 3.48. The van der Waals surface area contributed by atoms with E-state index in [1.54, 1.807) is 6.07 Å². The van der Waals surface area contributed by atoms with Crippen molar-refractivity contribution in [2.75, 3.05) is 6.54 Å². The van der Waals surface area contributed by atoms with Crippen molar-refractivity contribution < 1.29 is 19.2 Å². The summed E-state index contributed by atoms with van der Waals surface area (Å²) in [4.78, 5) is 35.2. The van der Waals surface area contributed by atoms with Crippen LogP contribution in [-0.2, 0) is 16.1 Å². The molecule has 8 nitrogen and oxygen atoms in total. The highest BCUT2D eigenvalue weighted by Crippen LogP contribution is 2.20. The minimum atomic E-state index is -1.10. The molecule has 0 aliphatic carbocycles. The molecule has 0 radical (unpaired) electrons. The fourth-order valence-corrected chi connectivity index (χ4v) is 2.49. The first-order valence-corrected chi connectivity index (χ1v) is 9.00. The van der Waals surface area contributed by atoms with E-state index in [-0.39, 0.29) is 12.3 Å². The Morgan fingerprint density at radius 3 is 2.57 bits per heavy atom. The Balaban J connectivity index is 2.11. The minimum Gasteiger partial charge on any atom is -0.445 e. The molecule has 8 heteroatoms. The molecule has 0 fully saturated rings. The Bertz CT molecular complexity index is 810. The smallest absolute Gasteiger partial charge is 0.408 e. The number of non-ortho nitro benzene ring substituents is 1. The number of carbonyl (C=O) groups excluding carboxylic acids is 2. The van der Waals surface area contributed by atoms with Crippen LogP contribution in [0.2, 0.25) is 0 Å². The topological polar surface area (TPSA) is 111 Å². The van der Waals surface area contributed by atoms with Gasteiger partial charge in [-0.2, -0.15) is 0 Å². The highest BCUT2D eigenvalue weighted by molar-refractivity contribution is 5.87. The average molecular weight is 385 g/mol. The van der Waals surface area contributed by atoms with Gasteiger partial charge in [0.1, 0.15) is 12.6 Å². The van der Waals surface area contributed by atoms with Crippen molar-refractivity contribution in [2.24, 2.45) is 0 Å². The molecule has 0 saturated carbocycles. The highest BCUT2D eigenvalue weighted by Gasteiger charge is 2.24. The van der Waals surface area contributed by atoms with Crippen molar-refractivity contribution in [3.05, 3.63) is 75.8 Å². The summed E-state index contributed by atoms with van der Waals surface area (Å²) in [7, 11) is 0. The van der Waals surface area contributed by atoms with E-state index in [9.17, 15) is 19.7 Å². The Hall–Kier alpha value is -3.42. The second kappa shape index (κ2) is 10.7. The van der Waals surface area contributed by atoms with Gasteiger partial charge in [-0.05, 0) is 17.5 Å². The van der Waals surface area contributed by atoms with Crippen molar-refractivity contribution in [1.82, 2.24) is 10.6 Å². The zero-order valence-corrected chi connectivity index (χ0v) is 15.6. The number of benzene rings is 2. The fourth-order valence-electron chi connectivity index (χ4n) is 2.49. The molecular weight excluding hydrogens is 362 g/mol. The van der Waals surface area contributed by atoms with Crippen LogP contribution in [0.15, 0.2) is 54.6 Å². The van der Waals surface area contributed by atoms with Crippen LogP contribution >= 0.6 is 0 Å². The van der Waals surface area contributed by atoms with Crippen molar-refractivity contribution in [1.29, 1.82) is 0 Å². The molecule has 0 bridgehead atoms. The predicted molar refractivity (Wildman–Crippen MR) is 104 cm³/mol. The van der Waals surface area contributed by atoms with Gasteiger partial charge in [0.15, 0.2) is 0 Å². The number of ether oxygens (including phenoxy) is 1. The molecule has 2 rings (SSSR count). The van der Waals surface area contributed by atoms with E-state index in [1.165, 1.54) is 18.2 Å². The van der Waals surface area contributed by atoms with Crippen LogP contribution in [0.1, 0.15) is 36.9 Å². The molecule has 0 unspecified atom stereocenters. The van der Waals surface area contributed by atoms with E-state index in [0.717, 1.165) is 18.4 Å². The molecule has 148 valence electrons. The Morgan fingerprint density at radius 1 is 1.14 bits per heavy atom. The van der Waals surface area contributed by atoms with Crippen molar-refractivity contribution in [2.45, 2.75) is 32.4 Å². The first-order valence-electron chi connectivity index (χ1n) is 9.00. The zero-order chi connectivity index (χ0) is 20.4. The lowest BCUT2D eigenvalue weighted by molar-refractivity contribution is -0.384. The van der Waals surface area contributed by atoms with Crippen LogP contribution in [0.5, 0.6) is 0 Å². The summed E-state index contributed by atoms with van der Waals surface area (Å²) in [5.74, 6) is -0.453. The SMILES string of the molecule is CCCCNC(=O)[C@H](NC(=O)OCc1ccccc1)c1cccc([N+](=O)[O-])c1. The molecule has 1 atom stereocenters. The lowest BCUT2D eigenvalue weighted by Gasteiger charge is -2.18.